The maximum Gasteiger partial charge on any atom is 0.311 e. The van der Waals surface area contributed by atoms with Gasteiger partial charge in [0.05, 0.1) is 11.8 Å². The van der Waals surface area contributed by atoms with Gasteiger partial charge in [-0.15, -0.1) is 6.42 Å². The quantitative estimate of drug-likeness (QED) is 0.615. The molecule has 2 aliphatic carbocycles. The van der Waals surface area contributed by atoms with Crippen molar-refractivity contribution in [1.29, 1.82) is 0 Å². The highest BCUT2D eigenvalue weighted by Gasteiger charge is 2.72. The highest BCUT2D eigenvalue weighted by molar-refractivity contribution is 7.90. The van der Waals surface area contributed by atoms with E-state index < -0.39 is 15.9 Å². The summed E-state index contributed by atoms with van der Waals surface area (Å²) in [7, 11) is -3.53. The van der Waals surface area contributed by atoms with Gasteiger partial charge in [0.15, 0.2) is 0 Å². The van der Waals surface area contributed by atoms with Crippen molar-refractivity contribution in [2.45, 2.75) is 39.2 Å². The van der Waals surface area contributed by atoms with Crippen LogP contribution in [-0.2, 0) is 14.8 Å². The molecular weight excluding hydrogens is 250 g/mol. The zero-order valence-electron chi connectivity index (χ0n) is 10.6. The molecule has 18 heavy (non-hydrogen) atoms. The lowest BCUT2D eigenvalue weighted by Gasteiger charge is -2.36. The van der Waals surface area contributed by atoms with Gasteiger partial charge < -0.3 is 0 Å². The lowest BCUT2D eigenvalue weighted by atomic mass is 9.69. The van der Waals surface area contributed by atoms with Crippen LogP contribution in [-0.4, -0.2) is 30.4 Å². The Hall–Kier alpha value is -1.02. The molecule has 1 aliphatic heterocycles. The van der Waals surface area contributed by atoms with Gasteiger partial charge in [-0.3, -0.25) is 4.79 Å². The van der Waals surface area contributed by atoms with Crippen molar-refractivity contribution in [3.05, 3.63) is 0 Å². The number of terminal acetylenes is 1. The molecular formula is C13H17NO3S. The Morgan fingerprint density at radius 2 is 2.11 bits per heavy atom. The Balaban J connectivity index is 2.14. The van der Waals surface area contributed by atoms with Crippen LogP contribution in [0.3, 0.4) is 0 Å². The lowest BCUT2D eigenvalue weighted by molar-refractivity contribution is -0.123. The summed E-state index contributed by atoms with van der Waals surface area (Å²) in [5.74, 6) is 1.86. The van der Waals surface area contributed by atoms with Crippen LogP contribution >= 0.6 is 0 Å². The van der Waals surface area contributed by atoms with Crippen molar-refractivity contribution in [2.24, 2.45) is 16.7 Å². The zero-order chi connectivity index (χ0) is 13.3. The monoisotopic (exact) mass is 267 g/mol. The number of carbonyl (C=O) groups is 1. The molecule has 3 atom stereocenters. The van der Waals surface area contributed by atoms with E-state index in [0.717, 1.165) is 23.6 Å². The molecule has 4 nitrogen and oxygen atoms in total. The van der Waals surface area contributed by atoms with E-state index in [2.05, 4.69) is 13.8 Å². The average Bonchev–Trinajstić information content (AvgIpc) is 2.74. The molecule has 98 valence electrons. The van der Waals surface area contributed by atoms with Crippen LogP contribution in [0.5, 0.6) is 0 Å². The van der Waals surface area contributed by atoms with Crippen LogP contribution in [0.25, 0.3) is 0 Å². The van der Waals surface area contributed by atoms with Crippen LogP contribution in [0.15, 0.2) is 0 Å². The summed E-state index contributed by atoms with van der Waals surface area (Å²) in [5.41, 5.74) is -0.294. The summed E-state index contributed by atoms with van der Waals surface area (Å²) in [6, 6.07) is -0.209. The average molecular weight is 267 g/mol. The minimum Gasteiger partial charge on any atom is -0.258 e. The fourth-order valence-corrected chi connectivity index (χ4v) is 7.10. The molecule has 0 aromatic carbocycles. The summed E-state index contributed by atoms with van der Waals surface area (Å²) in [4.78, 5) is 11.8. The molecule has 0 aromatic heterocycles. The highest BCUT2D eigenvalue weighted by atomic mass is 32.2. The third-order valence-electron chi connectivity index (χ3n) is 5.73. The van der Waals surface area contributed by atoms with Crippen molar-refractivity contribution >= 4 is 15.9 Å². The fourth-order valence-electron chi connectivity index (χ4n) is 4.62. The van der Waals surface area contributed by atoms with Crippen LogP contribution in [0.4, 0.5) is 0 Å². The number of sulfonamides is 1. The molecule has 1 heterocycles. The second kappa shape index (κ2) is 3.11. The molecule has 3 rings (SSSR count). The minimum absolute atomic E-state index is 0.0195. The first-order valence-electron chi connectivity index (χ1n) is 6.29. The Labute approximate surface area is 108 Å². The second-order valence-corrected chi connectivity index (χ2v) is 8.21. The third-order valence-corrected chi connectivity index (χ3v) is 7.63. The van der Waals surface area contributed by atoms with Gasteiger partial charge in [0, 0.05) is 5.41 Å². The molecule has 0 radical (unpaired) electrons. The summed E-state index contributed by atoms with van der Waals surface area (Å²) >= 11 is 0. The predicted molar refractivity (Wildman–Crippen MR) is 66.8 cm³/mol. The van der Waals surface area contributed by atoms with Gasteiger partial charge in [0.1, 0.15) is 0 Å². The van der Waals surface area contributed by atoms with Crippen LogP contribution < -0.4 is 0 Å². The maximum atomic E-state index is 12.3. The number of hydrogen-bond acceptors (Lipinski definition) is 3. The van der Waals surface area contributed by atoms with Gasteiger partial charge in [0.25, 0.3) is 0 Å². The third kappa shape index (κ3) is 1.08. The van der Waals surface area contributed by atoms with Gasteiger partial charge in [-0.2, -0.15) is 0 Å². The van der Waals surface area contributed by atoms with Crippen LogP contribution in [0.1, 0.15) is 33.1 Å². The Bertz CT molecular complexity index is 572. The van der Waals surface area contributed by atoms with E-state index in [4.69, 9.17) is 6.42 Å². The fraction of sp³-hybridized carbons (Fsp3) is 0.769. The number of hydrogen-bond donors (Lipinski definition) is 0. The van der Waals surface area contributed by atoms with E-state index in [1.807, 2.05) is 5.92 Å². The second-order valence-electron chi connectivity index (χ2n) is 6.37. The first-order valence-corrected chi connectivity index (χ1v) is 7.90. The van der Waals surface area contributed by atoms with Crippen molar-refractivity contribution < 1.29 is 13.2 Å². The van der Waals surface area contributed by atoms with E-state index in [1.165, 1.54) is 0 Å². The van der Waals surface area contributed by atoms with Crippen molar-refractivity contribution in [2.75, 3.05) is 5.75 Å². The highest BCUT2D eigenvalue weighted by Crippen LogP contribution is 2.69. The lowest BCUT2D eigenvalue weighted by Crippen LogP contribution is -2.43. The summed E-state index contributed by atoms with van der Waals surface area (Å²) in [6.45, 7) is 4.29. The van der Waals surface area contributed by atoms with E-state index in [0.29, 0.717) is 5.92 Å². The summed E-state index contributed by atoms with van der Waals surface area (Å²) in [6.07, 6.45) is 7.85. The summed E-state index contributed by atoms with van der Waals surface area (Å²) < 4.78 is 25.5. The Morgan fingerprint density at radius 3 is 2.67 bits per heavy atom. The molecule has 2 saturated carbocycles. The molecule has 0 N–H and O–H groups in total. The molecule has 0 aromatic rings. The largest absolute Gasteiger partial charge is 0.311 e. The Kier molecular flexibility index (Phi) is 2.08. The first-order chi connectivity index (χ1) is 8.26. The topological polar surface area (TPSA) is 54.5 Å². The molecule has 5 heteroatoms. The SMILES string of the molecule is C#CC(=O)N1[C@H]2C[C@@H]3CC[C@@]2(CS1(=O)=O)C3(C)C. The summed E-state index contributed by atoms with van der Waals surface area (Å²) in [5, 5.41) is 0. The molecule has 1 spiro atoms. The van der Waals surface area contributed by atoms with Crippen LogP contribution in [0, 0.1) is 29.1 Å². The van der Waals surface area contributed by atoms with Crippen molar-refractivity contribution in [3.8, 4) is 12.3 Å². The number of fused-ring (bicyclic) bond motifs is 1. The van der Waals surface area contributed by atoms with E-state index >= 15 is 0 Å². The van der Waals surface area contributed by atoms with Gasteiger partial charge in [-0.05, 0) is 36.5 Å². The predicted octanol–water partition coefficient (Wildman–Crippen LogP) is 0.986. The van der Waals surface area contributed by atoms with Gasteiger partial charge >= 0.3 is 5.91 Å². The number of nitrogens with zero attached hydrogens (tertiary/aromatic N) is 1. The first kappa shape index (κ1) is 12.0. The number of carbonyl (C=O) groups excluding carboxylic acids is 1. The van der Waals surface area contributed by atoms with Gasteiger partial charge in [-0.1, -0.05) is 13.8 Å². The van der Waals surface area contributed by atoms with Gasteiger partial charge in [0.2, 0.25) is 10.0 Å². The van der Waals surface area contributed by atoms with E-state index in [-0.39, 0.29) is 22.6 Å². The smallest absolute Gasteiger partial charge is 0.258 e. The molecule has 0 unspecified atom stereocenters. The van der Waals surface area contributed by atoms with Gasteiger partial charge in [-0.25, -0.2) is 12.7 Å². The minimum atomic E-state index is -3.53. The Morgan fingerprint density at radius 1 is 1.44 bits per heavy atom. The molecule has 1 saturated heterocycles. The number of rotatable bonds is 0. The molecule has 2 bridgehead atoms. The standard InChI is InChI=1S/C13H17NO3S/c1-4-11(15)14-10-7-9-5-6-13(10,12(9,2)3)8-18(14,16)17/h1,9-10H,5-8H2,2-3H3/t9-,10-,13-/m0/s1. The zero-order valence-corrected chi connectivity index (χ0v) is 11.5. The van der Waals surface area contributed by atoms with Crippen molar-refractivity contribution in [1.82, 2.24) is 4.31 Å². The van der Waals surface area contributed by atoms with E-state index in [9.17, 15) is 13.2 Å². The van der Waals surface area contributed by atoms with Crippen molar-refractivity contribution in [3.63, 3.8) is 0 Å². The van der Waals surface area contributed by atoms with Crippen LogP contribution in [0.2, 0.25) is 0 Å². The molecule has 3 aliphatic rings. The molecule has 1 amide bonds. The number of amides is 1. The normalized spacial score (nSPS) is 42.6. The maximum absolute atomic E-state index is 12.3. The van der Waals surface area contributed by atoms with E-state index in [1.54, 1.807) is 0 Å². The molecule has 3 fully saturated rings.